The molecule has 0 bridgehead atoms. The van der Waals surface area contributed by atoms with Gasteiger partial charge in [0.1, 0.15) is 0 Å². The van der Waals surface area contributed by atoms with Crippen molar-refractivity contribution in [2.24, 2.45) is 0 Å². The van der Waals surface area contributed by atoms with Crippen LogP contribution in [0.2, 0.25) is 0 Å². The van der Waals surface area contributed by atoms with Crippen LogP contribution < -0.4 is 0 Å². The molecule has 0 aliphatic rings. The van der Waals surface area contributed by atoms with E-state index in [0.29, 0.717) is 6.61 Å². The molecular formula is C16H19NO4. The number of nitriles is 1. The molecule has 0 radical (unpaired) electrons. The molecule has 5 nitrogen and oxygen atoms in total. The van der Waals surface area contributed by atoms with Crippen molar-refractivity contribution in [2.45, 2.75) is 38.0 Å². The first kappa shape index (κ1) is 16.7. The van der Waals surface area contributed by atoms with Gasteiger partial charge in [0.05, 0.1) is 18.1 Å². The zero-order valence-electron chi connectivity index (χ0n) is 12.0. The highest BCUT2D eigenvalue weighted by molar-refractivity contribution is 5.70. The van der Waals surface area contributed by atoms with Crippen LogP contribution in [0.25, 0.3) is 0 Å². The molecule has 1 N–H and O–H groups in total. The topological polar surface area (TPSA) is 87.4 Å². The van der Waals surface area contributed by atoms with Gasteiger partial charge in [-0.15, -0.1) is 0 Å². The molecule has 1 rings (SSSR count). The predicted molar refractivity (Wildman–Crippen MR) is 76.5 cm³/mol. The highest BCUT2D eigenvalue weighted by atomic mass is 16.5. The van der Waals surface area contributed by atoms with Crippen molar-refractivity contribution >= 4 is 11.9 Å². The molecule has 1 aromatic carbocycles. The summed E-state index contributed by atoms with van der Waals surface area (Å²) in [6.45, 7) is 2.01. The Kier molecular flexibility index (Phi) is 6.41. The standard InChI is InChI=1S/C16H19NO4/c1-2-21-15(20)9-11-16(12-17,10-8-14(18)19)13-6-4-3-5-7-13/h3-7H,2,8-11H2,1H3,(H,18,19). The summed E-state index contributed by atoms with van der Waals surface area (Å²) >= 11 is 0. The average molecular weight is 289 g/mol. The van der Waals surface area contributed by atoms with Crippen molar-refractivity contribution in [3.63, 3.8) is 0 Å². The van der Waals surface area contributed by atoms with Crippen LogP contribution in [0.1, 0.15) is 38.2 Å². The van der Waals surface area contributed by atoms with Gasteiger partial charge in [-0.25, -0.2) is 0 Å². The Bertz CT molecular complexity index is 521. The highest BCUT2D eigenvalue weighted by Crippen LogP contribution is 2.34. The van der Waals surface area contributed by atoms with Gasteiger partial charge in [-0.1, -0.05) is 30.3 Å². The predicted octanol–water partition coefficient (Wildman–Crippen LogP) is 2.66. The van der Waals surface area contributed by atoms with Crippen LogP contribution in [0.3, 0.4) is 0 Å². The van der Waals surface area contributed by atoms with Crippen molar-refractivity contribution < 1.29 is 19.4 Å². The van der Waals surface area contributed by atoms with Gasteiger partial charge in [0.2, 0.25) is 0 Å². The number of carbonyl (C=O) groups is 2. The second kappa shape index (κ2) is 8.05. The van der Waals surface area contributed by atoms with E-state index in [1.807, 2.05) is 6.07 Å². The number of benzene rings is 1. The molecule has 0 aliphatic heterocycles. The molecule has 0 saturated carbocycles. The van der Waals surface area contributed by atoms with Crippen molar-refractivity contribution in [2.75, 3.05) is 6.61 Å². The second-order valence-electron chi connectivity index (χ2n) is 4.76. The molecular weight excluding hydrogens is 270 g/mol. The Morgan fingerprint density at radius 1 is 1.24 bits per heavy atom. The normalized spacial score (nSPS) is 13.0. The summed E-state index contributed by atoms with van der Waals surface area (Å²) in [6.07, 6.45) is 0.392. The van der Waals surface area contributed by atoms with E-state index in [4.69, 9.17) is 9.84 Å². The molecule has 1 aromatic rings. The largest absolute Gasteiger partial charge is 0.481 e. The molecule has 0 saturated heterocycles. The second-order valence-corrected chi connectivity index (χ2v) is 4.76. The van der Waals surface area contributed by atoms with Crippen LogP contribution in [0, 0.1) is 11.3 Å². The Labute approximate surface area is 124 Å². The summed E-state index contributed by atoms with van der Waals surface area (Å²) in [7, 11) is 0. The Morgan fingerprint density at radius 2 is 1.86 bits per heavy atom. The van der Waals surface area contributed by atoms with Gasteiger partial charge in [-0.3, -0.25) is 9.59 Å². The first-order chi connectivity index (χ1) is 10.0. The maximum atomic E-state index is 11.5. The minimum absolute atomic E-state index is 0.0932. The highest BCUT2D eigenvalue weighted by Gasteiger charge is 2.33. The van der Waals surface area contributed by atoms with Crippen molar-refractivity contribution in [1.82, 2.24) is 0 Å². The zero-order chi connectivity index (χ0) is 15.7. The number of esters is 1. The number of ether oxygens (including phenoxy) is 1. The Hall–Kier alpha value is -2.35. The van der Waals surface area contributed by atoms with Crippen molar-refractivity contribution in [3.8, 4) is 6.07 Å². The quantitative estimate of drug-likeness (QED) is 0.743. The minimum Gasteiger partial charge on any atom is -0.481 e. The summed E-state index contributed by atoms with van der Waals surface area (Å²) in [5.74, 6) is -1.33. The molecule has 0 spiro atoms. The molecule has 21 heavy (non-hydrogen) atoms. The maximum Gasteiger partial charge on any atom is 0.305 e. The monoisotopic (exact) mass is 289 g/mol. The van der Waals surface area contributed by atoms with E-state index in [0.717, 1.165) is 5.56 Å². The third-order valence-corrected chi connectivity index (χ3v) is 3.37. The van der Waals surface area contributed by atoms with Crippen molar-refractivity contribution in [1.29, 1.82) is 5.26 Å². The van der Waals surface area contributed by atoms with E-state index < -0.39 is 11.4 Å². The first-order valence-electron chi connectivity index (χ1n) is 6.88. The number of carboxylic acids is 1. The third kappa shape index (κ3) is 4.92. The summed E-state index contributed by atoms with van der Waals surface area (Å²) in [5, 5.41) is 18.5. The summed E-state index contributed by atoms with van der Waals surface area (Å²) in [4.78, 5) is 22.4. The van der Waals surface area contributed by atoms with E-state index in [-0.39, 0.29) is 31.7 Å². The lowest BCUT2D eigenvalue weighted by Gasteiger charge is -2.26. The zero-order valence-corrected chi connectivity index (χ0v) is 12.0. The van der Waals surface area contributed by atoms with E-state index in [2.05, 4.69) is 6.07 Å². The molecule has 0 aromatic heterocycles. The van der Waals surface area contributed by atoms with Crippen LogP contribution in [0.5, 0.6) is 0 Å². The summed E-state index contributed by atoms with van der Waals surface area (Å²) in [6, 6.07) is 11.2. The fourth-order valence-corrected chi connectivity index (χ4v) is 2.22. The SMILES string of the molecule is CCOC(=O)CCC(C#N)(CCC(=O)O)c1ccccc1. The summed E-state index contributed by atoms with van der Waals surface area (Å²) < 4.78 is 4.88. The number of nitrogens with zero attached hydrogens (tertiary/aromatic N) is 1. The van der Waals surface area contributed by atoms with Gasteiger partial charge >= 0.3 is 11.9 Å². The molecule has 1 unspecified atom stereocenters. The van der Waals surface area contributed by atoms with Gasteiger partial charge < -0.3 is 9.84 Å². The molecule has 0 fully saturated rings. The fourth-order valence-electron chi connectivity index (χ4n) is 2.22. The molecule has 112 valence electrons. The smallest absolute Gasteiger partial charge is 0.305 e. The van der Waals surface area contributed by atoms with Crippen LogP contribution in [0.15, 0.2) is 30.3 Å². The lowest BCUT2D eigenvalue weighted by atomic mass is 9.74. The van der Waals surface area contributed by atoms with Gasteiger partial charge in [0.15, 0.2) is 0 Å². The number of hydrogen-bond acceptors (Lipinski definition) is 4. The molecule has 1 atom stereocenters. The van der Waals surface area contributed by atoms with E-state index >= 15 is 0 Å². The third-order valence-electron chi connectivity index (χ3n) is 3.37. The lowest BCUT2D eigenvalue weighted by Crippen LogP contribution is -2.27. The van der Waals surface area contributed by atoms with Crippen LogP contribution in [0.4, 0.5) is 0 Å². The van der Waals surface area contributed by atoms with Gasteiger partial charge in [0, 0.05) is 12.8 Å². The van der Waals surface area contributed by atoms with Gasteiger partial charge in [0.25, 0.3) is 0 Å². The Morgan fingerprint density at radius 3 is 2.38 bits per heavy atom. The van der Waals surface area contributed by atoms with Crippen molar-refractivity contribution in [3.05, 3.63) is 35.9 Å². The number of aliphatic carboxylic acids is 1. The van der Waals surface area contributed by atoms with Crippen LogP contribution in [-0.2, 0) is 19.7 Å². The van der Waals surface area contributed by atoms with E-state index in [9.17, 15) is 14.9 Å². The number of carboxylic acid groups (broad SMARTS) is 1. The molecule has 0 aliphatic carbocycles. The maximum absolute atomic E-state index is 11.5. The average Bonchev–Trinajstić information content (AvgIpc) is 2.49. The van der Waals surface area contributed by atoms with E-state index in [1.165, 1.54) is 0 Å². The Balaban J connectivity index is 2.95. The number of carbonyl (C=O) groups excluding carboxylic acids is 1. The number of rotatable bonds is 8. The van der Waals surface area contributed by atoms with E-state index in [1.54, 1.807) is 31.2 Å². The van der Waals surface area contributed by atoms with Gasteiger partial charge in [-0.05, 0) is 25.3 Å². The summed E-state index contributed by atoms with van der Waals surface area (Å²) in [5.41, 5.74) is -0.245. The fraction of sp³-hybridized carbons (Fsp3) is 0.438. The molecule has 0 amide bonds. The molecule has 0 heterocycles. The lowest BCUT2D eigenvalue weighted by molar-refractivity contribution is -0.143. The minimum atomic E-state index is -0.980. The van der Waals surface area contributed by atoms with Gasteiger partial charge in [-0.2, -0.15) is 5.26 Å². The first-order valence-corrected chi connectivity index (χ1v) is 6.88. The molecule has 5 heteroatoms. The van der Waals surface area contributed by atoms with Crippen LogP contribution in [-0.4, -0.2) is 23.7 Å². The number of hydrogen-bond donors (Lipinski definition) is 1. The van der Waals surface area contributed by atoms with Crippen LogP contribution >= 0.6 is 0 Å².